The Labute approximate surface area is 195 Å². The molecule has 0 aliphatic carbocycles. The van der Waals surface area contributed by atoms with Crippen LogP contribution in [0.4, 0.5) is 5.82 Å². The summed E-state index contributed by atoms with van der Waals surface area (Å²) in [6.07, 6.45) is 10.7. The van der Waals surface area contributed by atoms with Crippen molar-refractivity contribution in [2.45, 2.75) is 56.4 Å². The van der Waals surface area contributed by atoms with Crippen LogP contribution in [-0.4, -0.2) is 88.6 Å². The molecule has 178 valence electrons. The van der Waals surface area contributed by atoms with Gasteiger partial charge in [-0.15, -0.1) is 13.2 Å². The molecule has 2 aromatic heterocycles. The number of methoxy groups -OCH3 is 1. The molecule has 8 nitrogen and oxygen atoms in total. The first-order valence-corrected chi connectivity index (χ1v) is 15.2. The largest absolute Gasteiger partial charge is 0.388 e. The van der Waals surface area contributed by atoms with Crippen molar-refractivity contribution in [1.82, 2.24) is 19.5 Å². The van der Waals surface area contributed by atoms with Crippen LogP contribution < -0.4 is 5.32 Å². The number of aliphatic hydroxyl groups excluding tert-OH is 1. The lowest BCUT2D eigenvalue weighted by molar-refractivity contribution is -0.0496. The number of imidazole rings is 1. The molecule has 0 bridgehead atoms. The fourth-order valence-electron chi connectivity index (χ4n) is 3.68. The third-order valence-corrected chi connectivity index (χ3v) is 7.76. The zero-order valence-electron chi connectivity index (χ0n) is 19.9. The van der Waals surface area contributed by atoms with Crippen molar-refractivity contribution in [1.29, 1.82) is 0 Å². The fourth-order valence-corrected chi connectivity index (χ4v) is 4.99. The summed E-state index contributed by atoms with van der Waals surface area (Å²) in [5.74, 6) is 0.686. The summed E-state index contributed by atoms with van der Waals surface area (Å²) in [6, 6.07) is 0. The topological polar surface area (TPSA) is 94.3 Å². The predicted octanol–water partition coefficient (Wildman–Crippen LogP) is 3.69. The molecule has 32 heavy (non-hydrogen) atoms. The van der Waals surface area contributed by atoms with Crippen LogP contribution in [0.3, 0.4) is 0 Å². The number of aliphatic hydroxyl groups is 1. The maximum Gasteiger partial charge on any atom is 0.191 e. The second-order valence-electron chi connectivity index (χ2n) is 8.87. The molecule has 4 atom stereocenters. The summed E-state index contributed by atoms with van der Waals surface area (Å²) in [4.78, 5) is 13.9. The number of hydrogen-bond acceptors (Lipinski definition) is 8. The molecular weight excluding hydrogens is 445 g/mol. The predicted molar refractivity (Wildman–Crippen MR) is 136 cm³/mol. The van der Waals surface area contributed by atoms with E-state index in [0.29, 0.717) is 28.7 Å². The van der Waals surface area contributed by atoms with E-state index in [1.807, 2.05) is 10.8 Å². The standard InChI is InChI=1S/C22H36N5O3PS/c1-8-14(2)9-11-23-19-16-20(26-22(25-19)32-7)27(13-24-16)21-18(29-3)17(28)15(30-21)10-12-31(4,5)6/h9,13,15,17-18,21,28H,4,8,10-12H2,1-3,5-7H3,(H,23,25,26)/b14-9-/t15-,17-,18-,21-/m1/s1. The Hall–Kier alpha value is -1.38. The van der Waals surface area contributed by atoms with Gasteiger partial charge in [-0.05, 0) is 45.5 Å². The zero-order chi connectivity index (χ0) is 23.5. The van der Waals surface area contributed by atoms with Gasteiger partial charge in [-0.1, -0.05) is 30.3 Å². The second-order valence-corrected chi connectivity index (χ2v) is 14.0. The average Bonchev–Trinajstić information content (AvgIpc) is 3.31. The van der Waals surface area contributed by atoms with Crippen molar-refractivity contribution in [3.05, 3.63) is 18.0 Å². The molecule has 0 radical (unpaired) electrons. The first-order valence-electron chi connectivity index (χ1n) is 10.9. The molecule has 3 heterocycles. The highest BCUT2D eigenvalue weighted by Crippen LogP contribution is 2.40. The minimum atomic E-state index is -1.22. The van der Waals surface area contributed by atoms with Crippen LogP contribution in [0.2, 0.25) is 0 Å². The lowest BCUT2D eigenvalue weighted by atomic mass is 10.1. The monoisotopic (exact) mass is 481 g/mol. The van der Waals surface area contributed by atoms with E-state index in [9.17, 15) is 5.11 Å². The molecule has 2 aromatic rings. The Morgan fingerprint density at radius 2 is 2.19 bits per heavy atom. The van der Waals surface area contributed by atoms with E-state index in [4.69, 9.17) is 14.5 Å². The van der Waals surface area contributed by atoms with Gasteiger partial charge in [0, 0.05) is 13.7 Å². The second kappa shape index (κ2) is 10.7. The number of allylic oxidation sites excluding steroid dienone is 1. The van der Waals surface area contributed by atoms with Crippen molar-refractivity contribution >= 4 is 41.9 Å². The van der Waals surface area contributed by atoms with Gasteiger partial charge in [-0.25, -0.2) is 15.0 Å². The zero-order valence-corrected chi connectivity index (χ0v) is 21.6. The maximum atomic E-state index is 10.9. The number of hydrogen-bond donors (Lipinski definition) is 2. The molecule has 1 fully saturated rings. The van der Waals surface area contributed by atoms with Crippen LogP contribution >= 0.6 is 18.6 Å². The number of aromatic nitrogens is 4. The molecule has 0 amide bonds. The van der Waals surface area contributed by atoms with Crippen LogP contribution in [0.5, 0.6) is 0 Å². The van der Waals surface area contributed by atoms with Crippen molar-refractivity contribution in [3.8, 4) is 0 Å². The summed E-state index contributed by atoms with van der Waals surface area (Å²) in [7, 11) is 1.60. The van der Waals surface area contributed by atoms with E-state index in [1.54, 1.807) is 13.4 Å². The summed E-state index contributed by atoms with van der Waals surface area (Å²) in [5, 5.41) is 14.9. The van der Waals surface area contributed by atoms with Gasteiger partial charge < -0.3 is 19.9 Å². The number of nitrogens with one attached hydrogen (secondary N) is 1. The maximum absolute atomic E-state index is 10.9. The number of ether oxygens (including phenoxy) is 2. The molecule has 3 rings (SSSR count). The molecule has 2 N–H and O–H groups in total. The number of anilines is 1. The molecular formula is C22H36N5O3PS. The van der Waals surface area contributed by atoms with Crippen molar-refractivity contribution in [2.75, 3.05) is 44.7 Å². The quantitative estimate of drug-likeness (QED) is 0.230. The Kier molecular flexibility index (Phi) is 8.44. The number of fused-ring (bicyclic) bond motifs is 1. The number of rotatable bonds is 10. The van der Waals surface area contributed by atoms with E-state index >= 15 is 0 Å². The van der Waals surface area contributed by atoms with Crippen molar-refractivity contribution < 1.29 is 14.6 Å². The number of thioether (sulfide) groups is 1. The van der Waals surface area contributed by atoms with Gasteiger partial charge in [0.25, 0.3) is 0 Å². The molecule has 1 aliphatic heterocycles. The molecule has 1 aliphatic rings. The minimum Gasteiger partial charge on any atom is -0.388 e. The van der Waals surface area contributed by atoms with Crippen LogP contribution in [0, 0.1) is 0 Å². The lowest BCUT2D eigenvalue weighted by Gasteiger charge is -2.20. The third kappa shape index (κ3) is 5.75. The van der Waals surface area contributed by atoms with Gasteiger partial charge >= 0.3 is 0 Å². The van der Waals surface area contributed by atoms with Crippen LogP contribution in [0.1, 0.15) is 32.9 Å². The van der Waals surface area contributed by atoms with Crippen LogP contribution in [-0.2, 0) is 9.47 Å². The molecule has 10 heteroatoms. The number of nitrogens with zero attached hydrogens (tertiary/aromatic N) is 4. The fraction of sp³-hybridized carbons (Fsp3) is 0.636. The first kappa shape index (κ1) is 25.2. The summed E-state index contributed by atoms with van der Waals surface area (Å²) < 4.78 is 13.8. The highest BCUT2D eigenvalue weighted by Gasteiger charge is 2.45. The lowest BCUT2D eigenvalue weighted by Crippen LogP contribution is -2.33. The van der Waals surface area contributed by atoms with Gasteiger partial charge in [-0.2, -0.15) is 0 Å². The highest BCUT2D eigenvalue weighted by atomic mass is 32.2. The molecule has 0 spiro atoms. The molecule has 1 saturated heterocycles. The van der Waals surface area contributed by atoms with E-state index in [-0.39, 0.29) is 6.10 Å². The Balaban J connectivity index is 1.92. The first-order chi connectivity index (χ1) is 15.2. The Morgan fingerprint density at radius 1 is 1.44 bits per heavy atom. The van der Waals surface area contributed by atoms with E-state index < -0.39 is 25.3 Å². The SMILES string of the molecule is C=P(C)(C)CC[C@H]1O[C@@H](n2cnc3c(NC/C=C(/C)CC)nc(SC)nc32)[C@H](OC)[C@@H]1O. The van der Waals surface area contributed by atoms with Crippen molar-refractivity contribution in [3.63, 3.8) is 0 Å². The van der Waals surface area contributed by atoms with Crippen molar-refractivity contribution in [2.24, 2.45) is 0 Å². The molecule has 0 aromatic carbocycles. The highest BCUT2D eigenvalue weighted by molar-refractivity contribution is 7.98. The normalized spacial score (nSPS) is 24.4. The average molecular weight is 482 g/mol. The minimum absolute atomic E-state index is 0.315. The summed E-state index contributed by atoms with van der Waals surface area (Å²) >= 11 is 1.47. The summed E-state index contributed by atoms with van der Waals surface area (Å²) in [6.45, 7) is 8.08. The van der Waals surface area contributed by atoms with E-state index in [1.165, 1.54) is 17.3 Å². The van der Waals surface area contributed by atoms with Gasteiger partial charge in [-0.3, -0.25) is 4.57 Å². The van der Waals surface area contributed by atoms with Gasteiger partial charge in [0.1, 0.15) is 12.2 Å². The molecule has 0 unspecified atom stereocenters. The van der Waals surface area contributed by atoms with Crippen LogP contribution in [0.15, 0.2) is 23.1 Å². The molecule has 0 saturated carbocycles. The Morgan fingerprint density at radius 3 is 2.81 bits per heavy atom. The van der Waals surface area contributed by atoms with Crippen LogP contribution in [0.25, 0.3) is 11.2 Å². The van der Waals surface area contributed by atoms with E-state index in [2.05, 4.69) is 54.8 Å². The van der Waals surface area contributed by atoms with Gasteiger partial charge in [0.2, 0.25) is 0 Å². The third-order valence-electron chi connectivity index (χ3n) is 5.74. The van der Waals surface area contributed by atoms with Gasteiger partial charge in [0.15, 0.2) is 28.4 Å². The van der Waals surface area contributed by atoms with E-state index in [0.717, 1.165) is 19.0 Å². The summed E-state index contributed by atoms with van der Waals surface area (Å²) in [5.41, 5.74) is 2.65. The Bertz CT molecular complexity index is 1000. The van der Waals surface area contributed by atoms with Gasteiger partial charge in [0.05, 0.1) is 12.4 Å². The smallest absolute Gasteiger partial charge is 0.191 e.